The summed E-state index contributed by atoms with van der Waals surface area (Å²) < 4.78 is 19.5. The summed E-state index contributed by atoms with van der Waals surface area (Å²) >= 11 is 1.71. The van der Waals surface area contributed by atoms with Gasteiger partial charge in [-0.05, 0) is 85.5 Å². The van der Waals surface area contributed by atoms with Crippen LogP contribution in [0.15, 0.2) is 60.0 Å². The van der Waals surface area contributed by atoms with Gasteiger partial charge in [-0.2, -0.15) is 0 Å². The van der Waals surface area contributed by atoms with Crippen LogP contribution in [0.25, 0.3) is 0 Å². The second-order valence-electron chi connectivity index (χ2n) is 9.41. The highest BCUT2D eigenvalue weighted by molar-refractivity contribution is 7.10. The van der Waals surface area contributed by atoms with Crippen LogP contribution in [-0.4, -0.2) is 47.9 Å². The molecule has 1 atom stereocenters. The number of aryl methyl sites for hydroxylation is 1. The molecule has 0 radical (unpaired) electrons. The lowest BCUT2D eigenvalue weighted by molar-refractivity contribution is -0.135. The number of hydrogen-bond donors (Lipinski definition) is 0. The Labute approximate surface area is 209 Å². The number of rotatable bonds is 8. The lowest BCUT2D eigenvalue weighted by atomic mass is 10.00. The number of benzene rings is 2. The number of carbonyl (C=O) groups is 2. The summed E-state index contributed by atoms with van der Waals surface area (Å²) in [5.41, 5.74) is 2.69. The molecule has 2 heterocycles. The van der Waals surface area contributed by atoms with Crippen molar-refractivity contribution < 1.29 is 18.7 Å². The molecule has 35 heavy (non-hydrogen) atoms. The monoisotopic (exact) mass is 492 g/mol. The van der Waals surface area contributed by atoms with E-state index in [9.17, 15) is 14.0 Å². The minimum Gasteiger partial charge on any atom is -0.491 e. The first-order chi connectivity index (χ1) is 17.0. The van der Waals surface area contributed by atoms with Crippen LogP contribution in [0.2, 0.25) is 0 Å². The third-order valence-electron chi connectivity index (χ3n) is 6.72. The summed E-state index contributed by atoms with van der Waals surface area (Å²) in [5, 5.41) is 2.06. The van der Waals surface area contributed by atoms with Gasteiger partial charge in [0, 0.05) is 23.5 Å². The Morgan fingerprint density at radius 3 is 2.54 bits per heavy atom. The zero-order valence-corrected chi connectivity index (χ0v) is 20.6. The highest BCUT2D eigenvalue weighted by Crippen LogP contribution is 2.35. The van der Waals surface area contributed by atoms with E-state index in [1.54, 1.807) is 16.2 Å². The summed E-state index contributed by atoms with van der Waals surface area (Å²) in [4.78, 5) is 31.6. The third kappa shape index (κ3) is 5.56. The Hall–Kier alpha value is -3.19. The van der Waals surface area contributed by atoms with Crippen molar-refractivity contribution in [2.75, 3.05) is 26.2 Å². The fourth-order valence-electron chi connectivity index (χ4n) is 4.54. The summed E-state index contributed by atoms with van der Waals surface area (Å²) in [6, 6.07) is 15.3. The fraction of sp³-hybridized carbons (Fsp3) is 0.357. The molecule has 182 valence electrons. The Balaban J connectivity index is 1.33. The lowest BCUT2D eigenvalue weighted by Crippen LogP contribution is -2.48. The number of amides is 2. The number of nitrogens with zero attached hydrogens (tertiary/aromatic N) is 2. The molecule has 1 saturated carbocycles. The second kappa shape index (κ2) is 10.2. The lowest BCUT2D eigenvalue weighted by Gasteiger charge is -2.37. The van der Waals surface area contributed by atoms with Crippen LogP contribution in [0.5, 0.6) is 5.75 Å². The van der Waals surface area contributed by atoms with Gasteiger partial charge in [0.05, 0.1) is 6.04 Å². The molecule has 1 aliphatic heterocycles. The molecule has 5 rings (SSSR count). The topological polar surface area (TPSA) is 49.9 Å². The van der Waals surface area contributed by atoms with E-state index in [1.807, 2.05) is 36.1 Å². The van der Waals surface area contributed by atoms with Crippen molar-refractivity contribution in [3.63, 3.8) is 0 Å². The predicted octanol–water partition coefficient (Wildman–Crippen LogP) is 5.25. The predicted molar refractivity (Wildman–Crippen MR) is 134 cm³/mol. The smallest absolute Gasteiger partial charge is 0.254 e. The molecule has 2 amide bonds. The van der Waals surface area contributed by atoms with E-state index in [-0.39, 0.29) is 30.2 Å². The van der Waals surface area contributed by atoms with Crippen molar-refractivity contribution >= 4 is 23.2 Å². The van der Waals surface area contributed by atoms with Gasteiger partial charge in [0.2, 0.25) is 5.91 Å². The Morgan fingerprint density at radius 2 is 1.83 bits per heavy atom. The molecule has 2 aliphatic rings. The van der Waals surface area contributed by atoms with Gasteiger partial charge in [-0.3, -0.25) is 9.59 Å². The SMILES string of the molecule is Cc1ccc(OCC2c3ccsc3CCN2C(=O)CN(CC2CC2)C(=O)c2ccc(F)cc2)cc1. The molecule has 2 aromatic carbocycles. The van der Waals surface area contributed by atoms with Gasteiger partial charge in [-0.15, -0.1) is 11.3 Å². The van der Waals surface area contributed by atoms with Gasteiger partial charge in [0.25, 0.3) is 5.91 Å². The van der Waals surface area contributed by atoms with Crippen molar-refractivity contribution in [2.24, 2.45) is 5.92 Å². The molecule has 3 aromatic rings. The average Bonchev–Trinajstić information content (AvgIpc) is 3.55. The number of halogens is 1. The van der Waals surface area contributed by atoms with Gasteiger partial charge in [-0.1, -0.05) is 17.7 Å². The quantitative estimate of drug-likeness (QED) is 0.431. The maximum Gasteiger partial charge on any atom is 0.254 e. The van der Waals surface area contributed by atoms with Crippen LogP contribution in [0, 0.1) is 18.7 Å². The van der Waals surface area contributed by atoms with Crippen molar-refractivity contribution in [3.05, 3.63) is 87.4 Å². The zero-order valence-electron chi connectivity index (χ0n) is 19.8. The molecule has 0 bridgehead atoms. The van der Waals surface area contributed by atoms with E-state index in [1.165, 1.54) is 29.1 Å². The Morgan fingerprint density at radius 1 is 1.09 bits per heavy atom. The molecule has 0 N–H and O–H groups in total. The minimum atomic E-state index is -0.386. The van der Waals surface area contributed by atoms with Crippen LogP contribution < -0.4 is 4.74 Å². The van der Waals surface area contributed by atoms with Gasteiger partial charge in [0.15, 0.2) is 0 Å². The molecule has 1 fully saturated rings. The van der Waals surface area contributed by atoms with Crippen LogP contribution in [-0.2, 0) is 11.2 Å². The highest BCUT2D eigenvalue weighted by atomic mass is 32.1. The Kier molecular flexibility index (Phi) is 6.86. The van der Waals surface area contributed by atoms with Crippen molar-refractivity contribution in [3.8, 4) is 5.75 Å². The minimum absolute atomic E-state index is 0.00715. The fourth-order valence-corrected chi connectivity index (χ4v) is 5.47. The largest absolute Gasteiger partial charge is 0.491 e. The maximum atomic E-state index is 13.6. The van der Waals surface area contributed by atoms with Crippen LogP contribution >= 0.6 is 11.3 Å². The first-order valence-electron chi connectivity index (χ1n) is 12.1. The van der Waals surface area contributed by atoms with E-state index < -0.39 is 0 Å². The molecular formula is C28H29FN2O3S. The Bertz CT molecular complexity index is 1190. The van der Waals surface area contributed by atoms with E-state index in [0.29, 0.717) is 31.2 Å². The molecular weight excluding hydrogens is 463 g/mol. The van der Waals surface area contributed by atoms with E-state index in [4.69, 9.17) is 4.74 Å². The van der Waals surface area contributed by atoms with Crippen molar-refractivity contribution in [1.82, 2.24) is 9.80 Å². The number of thiophene rings is 1. The summed E-state index contributed by atoms with van der Waals surface area (Å²) in [7, 11) is 0. The highest BCUT2D eigenvalue weighted by Gasteiger charge is 2.35. The number of hydrogen-bond acceptors (Lipinski definition) is 4. The van der Waals surface area contributed by atoms with Gasteiger partial charge in [-0.25, -0.2) is 4.39 Å². The first kappa shape index (κ1) is 23.5. The molecule has 5 nitrogen and oxygen atoms in total. The van der Waals surface area contributed by atoms with E-state index >= 15 is 0 Å². The van der Waals surface area contributed by atoms with Gasteiger partial charge < -0.3 is 14.5 Å². The number of ether oxygens (including phenoxy) is 1. The van der Waals surface area contributed by atoms with Crippen LogP contribution in [0.3, 0.4) is 0 Å². The average molecular weight is 493 g/mol. The summed E-state index contributed by atoms with van der Waals surface area (Å²) in [6.07, 6.45) is 2.93. The normalized spacial score (nSPS) is 17.1. The van der Waals surface area contributed by atoms with Crippen LogP contribution in [0.4, 0.5) is 4.39 Å². The summed E-state index contributed by atoms with van der Waals surface area (Å²) in [5.74, 6) is 0.494. The second-order valence-corrected chi connectivity index (χ2v) is 10.4. The third-order valence-corrected chi connectivity index (χ3v) is 7.72. The van der Waals surface area contributed by atoms with Crippen molar-refractivity contribution in [2.45, 2.75) is 32.2 Å². The molecule has 7 heteroatoms. The first-order valence-corrected chi connectivity index (χ1v) is 13.0. The van der Waals surface area contributed by atoms with Gasteiger partial charge in [0.1, 0.15) is 24.7 Å². The number of fused-ring (bicyclic) bond motifs is 1. The zero-order chi connectivity index (χ0) is 24.4. The summed E-state index contributed by atoms with van der Waals surface area (Å²) in [6.45, 7) is 3.53. The molecule has 1 unspecified atom stereocenters. The standard InChI is InChI=1S/C28H29FN2O3S/c1-19-2-10-23(11-3-19)34-18-25-24-13-15-35-26(24)12-14-31(25)27(32)17-30(16-20-4-5-20)28(33)21-6-8-22(29)9-7-21/h2-3,6-11,13,15,20,25H,4-5,12,14,16-18H2,1H3. The van der Waals surface area contributed by atoms with E-state index in [0.717, 1.165) is 36.1 Å². The van der Waals surface area contributed by atoms with E-state index in [2.05, 4.69) is 11.4 Å². The number of carbonyl (C=O) groups excluding carboxylic acids is 2. The maximum absolute atomic E-state index is 13.6. The molecule has 0 spiro atoms. The molecule has 0 saturated heterocycles. The molecule has 1 aliphatic carbocycles. The van der Waals surface area contributed by atoms with Crippen LogP contribution in [0.1, 0.15) is 45.2 Å². The van der Waals surface area contributed by atoms with Crippen molar-refractivity contribution in [1.29, 1.82) is 0 Å². The molecule has 1 aromatic heterocycles. The van der Waals surface area contributed by atoms with Gasteiger partial charge >= 0.3 is 0 Å².